The average molecular weight is 452 g/mol. The maximum Gasteiger partial charge on any atom is 0.339 e. The molecule has 2 saturated heterocycles. The lowest BCUT2D eigenvalue weighted by atomic mass is 10.1. The Labute approximate surface area is 188 Å². The number of carbonyl (C=O) groups is 3. The third-order valence-electron chi connectivity index (χ3n) is 5.70. The molecule has 3 heterocycles. The van der Waals surface area contributed by atoms with Gasteiger partial charge in [-0.05, 0) is 49.1 Å². The Morgan fingerprint density at radius 2 is 2.00 bits per heavy atom. The smallest absolute Gasteiger partial charge is 0.339 e. The SMILES string of the molecule is O=C1NC(=O)C(Cc2ccc(C(=O)OCN3CCC[C@H]3c3nc4ccccc4o3)cc2)S1. The van der Waals surface area contributed by atoms with Gasteiger partial charge in [0.05, 0.1) is 16.9 Å². The summed E-state index contributed by atoms with van der Waals surface area (Å²) < 4.78 is 11.5. The first-order valence-electron chi connectivity index (χ1n) is 10.4. The lowest BCUT2D eigenvalue weighted by Gasteiger charge is -2.21. The molecule has 9 heteroatoms. The Morgan fingerprint density at radius 1 is 1.19 bits per heavy atom. The second-order valence-corrected chi connectivity index (χ2v) is 9.01. The number of carbonyl (C=O) groups excluding carboxylic acids is 3. The summed E-state index contributed by atoms with van der Waals surface area (Å²) in [6.45, 7) is 0.959. The summed E-state index contributed by atoms with van der Waals surface area (Å²) in [5.41, 5.74) is 2.89. The van der Waals surface area contributed by atoms with Gasteiger partial charge in [0, 0.05) is 6.54 Å². The van der Waals surface area contributed by atoms with Crippen LogP contribution in [0.4, 0.5) is 4.79 Å². The van der Waals surface area contributed by atoms with E-state index in [4.69, 9.17) is 9.15 Å². The molecule has 3 aromatic rings. The fourth-order valence-electron chi connectivity index (χ4n) is 4.04. The molecule has 0 saturated carbocycles. The molecule has 5 rings (SSSR count). The number of oxazole rings is 1. The van der Waals surface area contributed by atoms with Gasteiger partial charge in [0.15, 0.2) is 5.58 Å². The van der Waals surface area contributed by atoms with Crippen molar-refractivity contribution >= 4 is 40.0 Å². The van der Waals surface area contributed by atoms with E-state index in [1.807, 2.05) is 24.3 Å². The van der Waals surface area contributed by atoms with Crippen molar-refractivity contribution in [2.45, 2.75) is 30.6 Å². The van der Waals surface area contributed by atoms with Gasteiger partial charge < -0.3 is 9.15 Å². The van der Waals surface area contributed by atoms with Crippen LogP contribution in [-0.2, 0) is 16.0 Å². The van der Waals surface area contributed by atoms with E-state index in [-0.39, 0.29) is 23.9 Å². The minimum atomic E-state index is -0.431. The van der Waals surface area contributed by atoms with Gasteiger partial charge in [-0.1, -0.05) is 36.0 Å². The first kappa shape index (κ1) is 20.7. The lowest BCUT2D eigenvalue weighted by Crippen LogP contribution is -2.28. The van der Waals surface area contributed by atoms with Crippen LogP contribution in [0.25, 0.3) is 11.1 Å². The zero-order chi connectivity index (χ0) is 22.1. The van der Waals surface area contributed by atoms with Gasteiger partial charge in [-0.25, -0.2) is 9.78 Å². The Morgan fingerprint density at radius 3 is 2.75 bits per heavy atom. The van der Waals surface area contributed by atoms with E-state index in [1.165, 1.54) is 0 Å². The summed E-state index contributed by atoms with van der Waals surface area (Å²) in [7, 11) is 0. The second-order valence-electron chi connectivity index (χ2n) is 7.84. The minimum absolute atomic E-state index is 0.0182. The van der Waals surface area contributed by atoms with Gasteiger partial charge in [-0.2, -0.15) is 0 Å². The standard InChI is InChI=1S/C23H21N3O5S/c27-20-19(32-23(29)25-20)12-14-7-9-15(10-8-14)22(28)30-13-26-11-3-5-17(26)21-24-16-4-1-2-6-18(16)31-21/h1-2,4,6-10,17,19H,3,5,11-13H2,(H,25,27,29)/t17-,19?/m0/s1. The molecule has 8 nitrogen and oxygen atoms in total. The molecular weight excluding hydrogens is 430 g/mol. The number of amides is 2. The first-order chi connectivity index (χ1) is 15.6. The largest absolute Gasteiger partial charge is 0.446 e. The van der Waals surface area contributed by atoms with Crippen LogP contribution in [-0.4, -0.2) is 45.5 Å². The summed E-state index contributed by atoms with van der Waals surface area (Å²) in [6.07, 6.45) is 2.30. The van der Waals surface area contributed by atoms with Crippen molar-refractivity contribution in [3.8, 4) is 0 Å². The molecule has 1 N–H and O–H groups in total. The van der Waals surface area contributed by atoms with Gasteiger partial charge in [0.25, 0.3) is 5.24 Å². The Kier molecular flexibility index (Phi) is 5.67. The van der Waals surface area contributed by atoms with E-state index in [9.17, 15) is 14.4 Å². The number of fused-ring (bicyclic) bond motifs is 1. The molecule has 0 spiro atoms. The van der Waals surface area contributed by atoms with Crippen LogP contribution in [0.15, 0.2) is 52.9 Å². The van der Waals surface area contributed by atoms with Crippen molar-refractivity contribution < 1.29 is 23.5 Å². The molecule has 1 aromatic heterocycles. The normalized spacial score (nSPS) is 21.2. The Balaban J connectivity index is 1.18. The molecule has 164 valence electrons. The average Bonchev–Trinajstić information content (AvgIpc) is 3.50. The number of para-hydroxylation sites is 2. The number of hydrogen-bond acceptors (Lipinski definition) is 8. The molecular formula is C23H21N3O5S. The van der Waals surface area contributed by atoms with Crippen molar-refractivity contribution in [2.24, 2.45) is 0 Å². The molecule has 2 fully saturated rings. The highest BCUT2D eigenvalue weighted by molar-refractivity contribution is 8.15. The van der Waals surface area contributed by atoms with E-state index in [0.29, 0.717) is 17.9 Å². The Hall–Kier alpha value is -3.17. The van der Waals surface area contributed by atoms with Crippen LogP contribution < -0.4 is 5.32 Å². The van der Waals surface area contributed by atoms with Gasteiger partial charge in [0.2, 0.25) is 11.8 Å². The van der Waals surface area contributed by atoms with Crippen LogP contribution in [0, 0.1) is 0 Å². The monoisotopic (exact) mass is 451 g/mol. The van der Waals surface area contributed by atoms with Crippen LogP contribution in [0.2, 0.25) is 0 Å². The quantitative estimate of drug-likeness (QED) is 0.567. The number of nitrogens with one attached hydrogen (secondary N) is 1. The predicted octanol–water partition coefficient (Wildman–Crippen LogP) is 3.67. The number of thioether (sulfide) groups is 1. The second kappa shape index (κ2) is 8.76. The van der Waals surface area contributed by atoms with E-state index in [0.717, 1.165) is 47.8 Å². The highest BCUT2D eigenvalue weighted by Gasteiger charge is 2.32. The maximum atomic E-state index is 12.5. The molecule has 2 aromatic carbocycles. The van der Waals surface area contributed by atoms with Crippen molar-refractivity contribution in [3.63, 3.8) is 0 Å². The number of likely N-dealkylation sites (tertiary alicyclic amines) is 1. The number of imide groups is 1. The van der Waals surface area contributed by atoms with E-state index in [1.54, 1.807) is 24.3 Å². The fourth-order valence-corrected chi connectivity index (χ4v) is 4.90. The fraction of sp³-hybridized carbons (Fsp3) is 0.304. The van der Waals surface area contributed by atoms with Crippen molar-refractivity contribution in [3.05, 3.63) is 65.5 Å². The predicted molar refractivity (Wildman–Crippen MR) is 118 cm³/mol. The molecule has 2 amide bonds. The number of esters is 1. The number of hydrogen-bond donors (Lipinski definition) is 1. The summed E-state index contributed by atoms with van der Waals surface area (Å²) >= 11 is 0.991. The lowest BCUT2D eigenvalue weighted by molar-refractivity contribution is -0.118. The third kappa shape index (κ3) is 4.26. The van der Waals surface area contributed by atoms with E-state index < -0.39 is 11.2 Å². The highest BCUT2D eigenvalue weighted by atomic mass is 32.2. The van der Waals surface area contributed by atoms with Crippen LogP contribution in [0.5, 0.6) is 0 Å². The van der Waals surface area contributed by atoms with E-state index >= 15 is 0 Å². The summed E-state index contributed by atoms with van der Waals surface area (Å²) in [4.78, 5) is 42.2. The molecule has 2 aliphatic rings. The molecule has 2 aliphatic heterocycles. The van der Waals surface area contributed by atoms with Gasteiger partial charge >= 0.3 is 5.97 Å². The number of rotatable bonds is 6. The molecule has 0 bridgehead atoms. The van der Waals surface area contributed by atoms with Gasteiger partial charge in [-0.15, -0.1) is 0 Å². The van der Waals surface area contributed by atoms with Gasteiger partial charge in [0.1, 0.15) is 12.2 Å². The number of ether oxygens (including phenoxy) is 1. The van der Waals surface area contributed by atoms with Crippen molar-refractivity contribution in [1.29, 1.82) is 0 Å². The van der Waals surface area contributed by atoms with Gasteiger partial charge in [-0.3, -0.25) is 19.8 Å². The zero-order valence-corrected chi connectivity index (χ0v) is 18.0. The molecule has 32 heavy (non-hydrogen) atoms. The topological polar surface area (TPSA) is 102 Å². The molecule has 0 aliphatic carbocycles. The van der Waals surface area contributed by atoms with Crippen LogP contribution in [0.1, 0.15) is 40.7 Å². The molecule has 2 atom stereocenters. The van der Waals surface area contributed by atoms with Crippen LogP contribution in [0.3, 0.4) is 0 Å². The zero-order valence-electron chi connectivity index (χ0n) is 17.2. The number of nitrogens with zero attached hydrogens (tertiary/aromatic N) is 2. The summed E-state index contributed by atoms with van der Waals surface area (Å²) in [5.74, 6) is -0.0399. The third-order valence-corrected chi connectivity index (χ3v) is 6.68. The number of benzene rings is 2. The minimum Gasteiger partial charge on any atom is -0.446 e. The molecule has 0 radical (unpaired) electrons. The summed E-state index contributed by atoms with van der Waals surface area (Å²) in [5, 5.41) is 1.53. The van der Waals surface area contributed by atoms with Crippen molar-refractivity contribution in [2.75, 3.05) is 13.3 Å². The molecule has 1 unspecified atom stereocenters. The maximum absolute atomic E-state index is 12.5. The first-order valence-corrected chi connectivity index (χ1v) is 11.3. The van der Waals surface area contributed by atoms with Crippen LogP contribution >= 0.6 is 11.8 Å². The summed E-state index contributed by atoms with van der Waals surface area (Å²) in [6, 6.07) is 14.6. The Bertz CT molecular complexity index is 1140. The van der Waals surface area contributed by atoms with Crippen molar-refractivity contribution in [1.82, 2.24) is 15.2 Å². The van der Waals surface area contributed by atoms with E-state index in [2.05, 4.69) is 15.2 Å². The highest BCUT2D eigenvalue weighted by Crippen LogP contribution is 2.33. The number of aromatic nitrogens is 1.